The molecule has 0 spiro atoms. The Bertz CT molecular complexity index is 476. The zero-order valence-electron chi connectivity index (χ0n) is 10.2. The monoisotopic (exact) mass is 266 g/mol. The number of carbonyl (C=O) groups is 2. The van der Waals surface area contributed by atoms with Crippen LogP contribution < -0.4 is 0 Å². The molecule has 1 aromatic carbocycles. The van der Waals surface area contributed by atoms with E-state index in [-0.39, 0.29) is 18.2 Å². The largest absolute Gasteiger partial charge is 0.343 e. The average molecular weight is 267 g/mol. The van der Waals surface area contributed by atoms with E-state index < -0.39 is 0 Å². The van der Waals surface area contributed by atoms with Gasteiger partial charge in [-0.2, -0.15) is 0 Å². The zero-order valence-corrected chi connectivity index (χ0v) is 11.0. The molecular weight excluding hydrogens is 252 g/mol. The number of likely N-dealkylation sites (N-methyl/N-ethyl adjacent to an activating group) is 1. The van der Waals surface area contributed by atoms with Crippen molar-refractivity contribution in [2.75, 3.05) is 33.2 Å². The maximum absolute atomic E-state index is 12.1. The summed E-state index contributed by atoms with van der Waals surface area (Å²) in [6, 6.07) is 6.99. The van der Waals surface area contributed by atoms with Crippen LogP contribution in [0.15, 0.2) is 24.3 Å². The third-order valence-corrected chi connectivity index (χ3v) is 3.41. The van der Waals surface area contributed by atoms with Crippen molar-refractivity contribution >= 4 is 23.3 Å². The number of Topliss-reactive ketones (excluding diaryl/α,β-unsaturated/α-hetero) is 1. The third kappa shape index (κ3) is 2.89. The Morgan fingerprint density at radius 3 is 2.72 bits per heavy atom. The Balaban J connectivity index is 2.00. The predicted molar refractivity (Wildman–Crippen MR) is 69.9 cm³/mol. The molecule has 0 N–H and O–H groups in total. The molecule has 96 valence electrons. The van der Waals surface area contributed by atoms with E-state index in [0.29, 0.717) is 23.7 Å². The second-order valence-corrected chi connectivity index (χ2v) is 4.84. The smallest absolute Gasteiger partial charge is 0.236 e. The molecule has 0 aliphatic carbocycles. The van der Waals surface area contributed by atoms with Gasteiger partial charge in [-0.1, -0.05) is 23.7 Å². The van der Waals surface area contributed by atoms with Gasteiger partial charge in [0.15, 0.2) is 5.78 Å². The number of halogens is 1. The van der Waals surface area contributed by atoms with Gasteiger partial charge in [0, 0.05) is 25.7 Å². The average Bonchev–Trinajstić information content (AvgIpc) is 2.34. The summed E-state index contributed by atoms with van der Waals surface area (Å²) < 4.78 is 0. The van der Waals surface area contributed by atoms with Gasteiger partial charge in [-0.15, -0.1) is 0 Å². The molecule has 0 atom stereocenters. The highest BCUT2D eigenvalue weighted by molar-refractivity contribution is 6.34. The molecule has 18 heavy (non-hydrogen) atoms. The molecule has 1 aliphatic rings. The van der Waals surface area contributed by atoms with Gasteiger partial charge in [-0.25, -0.2) is 0 Å². The number of nitrogens with zero attached hydrogens (tertiary/aromatic N) is 2. The van der Waals surface area contributed by atoms with E-state index in [9.17, 15) is 9.59 Å². The van der Waals surface area contributed by atoms with Crippen LogP contribution in [0.1, 0.15) is 10.4 Å². The molecular formula is C13H15ClN2O2. The quantitative estimate of drug-likeness (QED) is 0.775. The Kier molecular flexibility index (Phi) is 3.99. The lowest BCUT2D eigenvalue weighted by molar-refractivity contribution is -0.134. The molecule has 0 bridgehead atoms. The summed E-state index contributed by atoms with van der Waals surface area (Å²) in [5.74, 6) is 0.00571. The molecule has 0 aromatic heterocycles. The highest BCUT2D eigenvalue weighted by Crippen LogP contribution is 2.16. The lowest BCUT2D eigenvalue weighted by Crippen LogP contribution is -2.49. The van der Waals surface area contributed by atoms with E-state index in [2.05, 4.69) is 0 Å². The Morgan fingerprint density at radius 1 is 1.33 bits per heavy atom. The molecule has 0 radical (unpaired) electrons. The van der Waals surface area contributed by atoms with Gasteiger partial charge in [0.2, 0.25) is 5.91 Å². The highest BCUT2D eigenvalue weighted by Gasteiger charge is 2.23. The number of ketones is 1. The second-order valence-electron chi connectivity index (χ2n) is 4.43. The molecule has 4 nitrogen and oxygen atoms in total. The van der Waals surface area contributed by atoms with Crippen molar-refractivity contribution in [2.24, 2.45) is 0 Å². The van der Waals surface area contributed by atoms with Gasteiger partial charge in [0.1, 0.15) is 0 Å². The van der Waals surface area contributed by atoms with Crippen LogP contribution in [-0.2, 0) is 4.79 Å². The van der Waals surface area contributed by atoms with Gasteiger partial charge in [-0.3, -0.25) is 14.5 Å². The van der Waals surface area contributed by atoms with Crippen LogP contribution in [0.2, 0.25) is 5.02 Å². The van der Waals surface area contributed by atoms with Crippen molar-refractivity contribution in [3.05, 3.63) is 34.9 Å². The van der Waals surface area contributed by atoms with E-state index in [1.807, 2.05) is 4.90 Å². The van der Waals surface area contributed by atoms with Crippen molar-refractivity contribution in [1.29, 1.82) is 0 Å². The molecule has 1 aromatic rings. The molecule has 1 amide bonds. The van der Waals surface area contributed by atoms with Crippen LogP contribution >= 0.6 is 11.6 Å². The first-order valence-corrected chi connectivity index (χ1v) is 6.20. The van der Waals surface area contributed by atoms with E-state index in [1.54, 1.807) is 36.2 Å². The fourth-order valence-electron chi connectivity index (χ4n) is 1.92. The summed E-state index contributed by atoms with van der Waals surface area (Å²) in [7, 11) is 1.77. The summed E-state index contributed by atoms with van der Waals surface area (Å²) in [6.07, 6.45) is 0. The Hall–Kier alpha value is -1.39. The maximum Gasteiger partial charge on any atom is 0.236 e. The maximum atomic E-state index is 12.1. The van der Waals surface area contributed by atoms with Crippen molar-refractivity contribution < 1.29 is 9.59 Å². The SMILES string of the molecule is CN1CCN(CC(=O)c2ccccc2Cl)CC1=O. The number of hydrogen-bond donors (Lipinski definition) is 0. The molecule has 1 aliphatic heterocycles. The minimum Gasteiger partial charge on any atom is -0.343 e. The molecule has 1 saturated heterocycles. The van der Waals surface area contributed by atoms with Gasteiger partial charge >= 0.3 is 0 Å². The van der Waals surface area contributed by atoms with Gasteiger partial charge in [-0.05, 0) is 12.1 Å². The van der Waals surface area contributed by atoms with E-state index in [4.69, 9.17) is 11.6 Å². The number of benzene rings is 1. The lowest BCUT2D eigenvalue weighted by Gasteiger charge is -2.31. The van der Waals surface area contributed by atoms with Gasteiger partial charge < -0.3 is 4.90 Å². The van der Waals surface area contributed by atoms with Crippen molar-refractivity contribution in [1.82, 2.24) is 9.80 Å². The topological polar surface area (TPSA) is 40.6 Å². The Morgan fingerprint density at radius 2 is 2.06 bits per heavy atom. The molecule has 1 fully saturated rings. The van der Waals surface area contributed by atoms with Crippen LogP contribution in [0.4, 0.5) is 0 Å². The number of amides is 1. The first-order chi connectivity index (χ1) is 8.58. The van der Waals surface area contributed by atoms with Crippen LogP contribution in [0.25, 0.3) is 0 Å². The summed E-state index contributed by atoms with van der Waals surface area (Å²) in [5, 5.41) is 0.461. The van der Waals surface area contributed by atoms with Crippen molar-refractivity contribution in [3.8, 4) is 0 Å². The Labute approximate surface area is 111 Å². The summed E-state index contributed by atoms with van der Waals surface area (Å²) >= 11 is 5.97. The minimum absolute atomic E-state index is 0.0436. The standard InChI is InChI=1S/C13H15ClN2O2/c1-15-6-7-16(9-13(15)18)8-12(17)10-4-2-3-5-11(10)14/h2-5H,6-9H2,1H3. The van der Waals surface area contributed by atoms with E-state index >= 15 is 0 Å². The van der Waals surface area contributed by atoms with Crippen LogP contribution in [0.5, 0.6) is 0 Å². The molecule has 0 saturated carbocycles. The highest BCUT2D eigenvalue weighted by atomic mass is 35.5. The summed E-state index contributed by atoms with van der Waals surface area (Å²) in [5.41, 5.74) is 0.519. The fourth-order valence-corrected chi connectivity index (χ4v) is 2.16. The summed E-state index contributed by atoms with van der Waals surface area (Å²) in [4.78, 5) is 27.1. The van der Waals surface area contributed by atoms with Crippen LogP contribution in [-0.4, -0.2) is 54.7 Å². The molecule has 2 rings (SSSR count). The predicted octanol–water partition coefficient (Wildman–Crippen LogP) is 1.30. The summed E-state index contributed by atoms with van der Waals surface area (Å²) in [6.45, 7) is 1.92. The number of hydrogen-bond acceptors (Lipinski definition) is 3. The normalized spacial score (nSPS) is 17.0. The van der Waals surface area contributed by atoms with Gasteiger partial charge in [0.25, 0.3) is 0 Å². The van der Waals surface area contributed by atoms with Gasteiger partial charge in [0.05, 0.1) is 18.1 Å². The number of rotatable bonds is 3. The minimum atomic E-state index is -0.0436. The van der Waals surface area contributed by atoms with E-state index in [1.165, 1.54) is 0 Å². The molecule has 1 heterocycles. The van der Waals surface area contributed by atoms with Crippen LogP contribution in [0, 0.1) is 0 Å². The first-order valence-electron chi connectivity index (χ1n) is 5.82. The second kappa shape index (κ2) is 5.50. The zero-order chi connectivity index (χ0) is 13.1. The lowest BCUT2D eigenvalue weighted by atomic mass is 10.1. The van der Waals surface area contributed by atoms with Crippen LogP contribution in [0.3, 0.4) is 0 Å². The fraction of sp³-hybridized carbons (Fsp3) is 0.385. The van der Waals surface area contributed by atoms with Crippen molar-refractivity contribution in [3.63, 3.8) is 0 Å². The van der Waals surface area contributed by atoms with E-state index in [0.717, 1.165) is 6.54 Å². The molecule has 0 unspecified atom stereocenters. The van der Waals surface area contributed by atoms with Crippen molar-refractivity contribution in [2.45, 2.75) is 0 Å². The molecule has 5 heteroatoms. The third-order valence-electron chi connectivity index (χ3n) is 3.08. The first kappa shape index (κ1) is 13.1. The number of carbonyl (C=O) groups excluding carboxylic acids is 2. The number of piperazine rings is 1.